The molecule has 0 aromatic rings. The molecular weight excluding hydrogens is 172 g/mol. The summed E-state index contributed by atoms with van der Waals surface area (Å²) in [4.78, 5) is 11.5. The molecule has 0 heterocycles. The Balaban J connectivity index is 2.24. The molecule has 2 saturated carbocycles. The molecule has 0 saturated heterocycles. The maximum absolute atomic E-state index is 11.5. The fraction of sp³-hybridized carbons (Fsp3) is 0.923. The second kappa shape index (κ2) is 3.36. The number of rotatable bonds is 0. The van der Waals surface area contributed by atoms with Crippen molar-refractivity contribution < 1.29 is 4.79 Å². The molecule has 1 heteroatoms. The van der Waals surface area contributed by atoms with E-state index in [1.165, 1.54) is 12.8 Å². The highest BCUT2D eigenvalue weighted by Crippen LogP contribution is 2.54. The average molecular weight is 194 g/mol. The van der Waals surface area contributed by atoms with E-state index in [-0.39, 0.29) is 0 Å². The third-order valence-electron chi connectivity index (χ3n) is 5.10. The number of Topliss-reactive ketones (excluding diaryl/α,β-unsaturated/α-hetero) is 1. The van der Waals surface area contributed by atoms with Crippen LogP contribution in [0.4, 0.5) is 0 Å². The van der Waals surface area contributed by atoms with E-state index in [2.05, 4.69) is 20.8 Å². The molecule has 1 nitrogen and oxygen atoms in total. The van der Waals surface area contributed by atoms with E-state index in [4.69, 9.17) is 0 Å². The highest BCUT2D eigenvalue weighted by atomic mass is 16.1. The Labute approximate surface area is 87.3 Å². The molecule has 0 bridgehead atoms. The van der Waals surface area contributed by atoms with Gasteiger partial charge in [0.05, 0.1) is 0 Å². The second-order valence-electron chi connectivity index (χ2n) is 5.81. The van der Waals surface area contributed by atoms with E-state index < -0.39 is 0 Å². The van der Waals surface area contributed by atoms with Gasteiger partial charge in [-0.1, -0.05) is 27.2 Å². The van der Waals surface area contributed by atoms with Crippen LogP contribution in [0.2, 0.25) is 0 Å². The van der Waals surface area contributed by atoms with E-state index in [1.54, 1.807) is 0 Å². The van der Waals surface area contributed by atoms with Gasteiger partial charge in [-0.25, -0.2) is 0 Å². The SMILES string of the molecule is CC1CCC(C)C2(C)CCC(=O)CC12. The first kappa shape index (κ1) is 10.2. The summed E-state index contributed by atoms with van der Waals surface area (Å²) in [6, 6.07) is 0. The molecule has 2 aliphatic carbocycles. The standard InChI is InChI=1S/C13H22O/c1-9-4-5-10(2)13(3)7-6-11(14)8-12(9)13/h9-10,12H,4-8H2,1-3H3. The van der Waals surface area contributed by atoms with Gasteiger partial charge >= 0.3 is 0 Å². The summed E-state index contributed by atoms with van der Waals surface area (Å²) in [5.41, 5.74) is 0.464. The third-order valence-corrected chi connectivity index (χ3v) is 5.10. The Morgan fingerprint density at radius 2 is 2.00 bits per heavy atom. The van der Waals surface area contributed by atoms with Crippen molar-refractivity contribution in [2.75, 3.05) is 0 Å². The molecule has 0 radical (unpaired) electrons. The van der Waals surface area contributed by atoms with Gasteiger partial charge in [-0.05, 0) is 36.0 Å². The Bertz CT molecular complexity index is 246. The van der Waals surface area contributed by atoms with E-state index in [0.29, 0.717) is 17.1 Å². The molecule has 2 aliphatic rings. The van der Waals surface area contributed by atoms with Crippen LogP contribution in [-0.4, -0.2) is 5.78 Å². The van der Waals surface area contributed by atoms with Gasteiger partial charge in [-0.3, -0.25) is 4.79 Å². The topological polar surface area (TPSA) is 17.1 Å². The molecule has 0 aliphatic heterocycles. The maximum atomic E-state index is 11.5. The number of hydrogen-bond acceptors (Lipinski definition) is 1. The van der Waals surface area contributed by atoms with Crippen molar-refractivity contribution in [1.82, 2.24) is 0 Å². The summed E-state index contributed by atoms with van der Waals surface area (Å²) in [5, 5.41) is 0. The predicted octanol–water partition coefficient (Wildman–Crippen LogP) is 3.43. The van der Waals surface area contributed by atoms with Crippen LogP contribution in [0.25, 0.3) is 0 Å². The summed E-state index contributed by atoms with van der Waals surface area (Å²) in [6.07, 6.45) is 5.53. The first-order valence-corrected chi connectivity index (χ1v) is 6.05. The highest BCUT2D eigenvalue weighted by Gasteiger charge is 2.47. The minimum absolute atomic E-state index is 0.464. The van der Waals surface area contributed by atoms with Gasteiger partial charge in [0.25, 0.3) is 0 Å². The minimum Gasteiger partial charge on any atom is -0.300 e. The molecule has 80 valence electrons. The normalized spacial score (nSPS) is 48.8. The van der Waals surface area contributed by atoms with Crippen LogP contribution in [0, 0.1) is 23.2 Å². The van der Waals surface area contributed by atoms with Crippen LogP contribution in [0.5, 0.6) is 0 Å². The summed E-state index contributed by atoms with van der Waals surface area (Å²) in [6.45, 7) is 7.15. The van der Waals surface area contributed by atoms with E-state index in [9.17, 15) is 4.79 Å². The number of fused-ring (bicyclic) bond motifs is 1. The van der Waals surface area contributed by atoms with Crippen LogP contribution in [0.3, 0.4) is 0 Å². The van der Waals surface area contributed by atoms with Gasteiger partial charge < -0.3 is 0 Å². The zero-order chi connectivity index (χ0) is 10.3. The Morgan fingerprint density at radius 3 is 2.71 bits per heavy atom. The minimum atomic E-state index is 0.464. The highest BCUT2D eigenvalue weighted by molar-refractivity contribution is 5.79. The molecule has 0 spiro atoms. The molecule has 4 unspecified atom stereocenters. The molecule has 0 amide bonds. The van der Waals surface area contributed by atoms with Crippen LogP contribution in [0.1, 0.15) is 52.9 Å². The summed E-state index contributed by atoms with van der Waals surface area (Å²) in [7, 11) is 0. The summed E-state index contributed by atoms with van der Waals surface area (Å²) in [5.74, 6) is 2.76. The number of hydrogen-bond donors (Lipinski definition) is 0. The lowest BCUT2D eigenvalue weighted by atomic mass is 9.53. The Kier molecular flexibility index (Phi) is 2.45. The molecule has 2 rings (SSSR count). The van der Waals surface area contributed by atoms with Crippen LogP contribution in [0.15, 0.2) is 0 Å². The van der Waals surface area contributed by atoms with Crippen molar-refractivity contribution >= 4 is 5.78 Å². The number of carbonyl (C=O) groups is 1. The van der Waals surface area contributed by atoms with Crippen LogP contribution in [-0.2, 0) is 4.79 Å². The fourth-order valence-corrected chi connectivity index (χ4v) is 3.68. The quantitative estimate of drug-likeness (QED) is 0.577. The molecule has 0 aromatic carbocycles. The van der Waals surface area contributed by atoms with E-state index >= 15 is 0 Å². The molecule has 2 fully saturated rings. The Hall–Kier alpha value is -0.330. The lowest BCUT2D eigenvalue weighted by Crippen LogP contribution is -2.45. The molecular formula is C13H22O. The summed E-state index contributed by atoms with van der Waals surface area (Å²) < 4.78 is 0. The van der Waals surface area contributed by atoms with Gasteiger partial charge in [0, 0.05) is 12.8 Å². The third kappa shape index (κ3) is 1.41. The van der Waals surface area contributed by atoms with Gasteiger partial charge in [-0.2, -0.15) is 0 Å². The first-order valence-electron chi connectivity index (χ1n) is 6.05. The zero-order valence-corrected chi connectivity index (χ0v) is 9.68. The maximum Gasteiger partial charge on any atom is 0.133 e. The lowest BCUT2D eigenvalue weighted by Gasteiger charge is -2.52. The van der Waals surface area contributed by atoms with Crippen molar-refractivity contribution in [2.45, 2.75) is 52.9 Å². The van der Waals surface area contributed by atoms with Gasteiger partial charge in [0.1, 0.15) is 5.78 Å². The van der Waals surface area contributed by atoms with Gasteiger partial charge in [0.15, 0.2) is 0 Å². The first-order chi connectivity index (χ1) is 6.54. The number of carbonyl (C=O) groups excluding carboxylic acids is 1. The van der Waals surface area contributed by atoms with Gasteiger partial charge in [-0.15, -0.1) is 0 Å². The van der Waals surface area contributed by atoms with E-state index in [0.717, 1.165) is 31.1 Å². The van der Waals surface area contributed by atoms with Crippen LogP contribution >= 0.6 is 0 Å². The summed E-state index contributed by atoms with van der Waals surface area (Å²) >= 11 is 0. The van der Waals surface area contributed by atoms with Crippen molar-refractivity contribution in [3.05, 3.63) is 0 Å². The van der Waals surface area contributed by atoms with Crippen molar-refractivity contribution in [1.29, 1.82) is 0 Å². The van der Waals surface area contributed by atoms with Gasteiger partial charge in [0.2, 0.25) is 0 Å². The molecule has 0 N–H and O–H groups in total. The smallest absolute Gasteiger partial charge is 0.133 e. The Morgan fingerprint density at radius 1 is 1.29 bits per heavy atom. The lowest BCUT2D eigenvalue weighted by molar-refractivity contribution is -0.130. The predicted molar refractivity (Wildman–Crippen MR) is 58.0 cm³/mol. The molecule has 14 heavy (non-hydrogen) atoms. The fourth-order valence-electron chi connectivity index (χ4n) is 3.68. The van der Waals surface area contributed by atoms with Crippen molar-refractivity contribution in [3.63, 3.8) is 0 Å². The largest absolute Gasteiger partial charge is 0.300 e. The van der Waals surface area contributed by atoms with Crippen LogP contribution < -0.4 is 0 Å². The molecule has 0 aromatic heterocycles. The number of ketones is 1. The molecule has 4 atom stereocenters. The van der Waals surface area contributed by atoms with Crippen molar-refractivity contribution in [2.24, 2.45) is 23.2 Å². The monoisotopic (exact) mass is 194 g/mol. The van der Waals surface area contributed by atoms with E-state index in [1.807, 2.05) is 0 Å². The average Bonchev–Trinajstić information content (AvgIpc) is 2.16. The van der Waals surface area contributed by atoms with Crippen molar-refractivity contribution in [3.8, 4) is 0 Å². The second-order valence-corrected chi connectivity index (χ2v) is 5.81. The zero-order valence-electron chi connectivity index (χ0n) is 9.68.